The average Bonchev–Trinajstić information content (AvgIpc) is 3.07. The van der Waals surface area contributed by atoms with Crippen LogP contribution >= 0.6 is 0 Å². The number of sulfonamides is 1. The number of hydrogen-bond donors (Lipinski definition) is 0. The second kappa shape index (κ2) is 5.95. The first-order valence-electron chi connectivity index (χ1n) is 9.82. The highest BCUT2D eigenvalue weighted by molar-refractivity contribution is 7.89. The molecule has 3 aliphatic heterocycles. The molecule has 0 N–H and O–H groups in total. The zero-order chi connectivity index (χ0) is 17.0. The van der Waals surface area contributed by atoms with Crippen molar-refractivity contribution >= 4 is 15.8 Å². The van der Waals surface area contributed by atoms with Crippen molar-refractivity contribution in [2.45, 2.75) is 55.9 Å². The van der Waals surface area contributed by atoms with Gasteiger partial charge in [0.05, 0.1) is 0 Å². The van der Waals surface area contributed by atoms with Crippen LogP contribution < -0.4 is 4.90 Å². The maximum Gasteiger partial charge on any atom is 0.244 e. The molecule has 4 heterocycles. The number of rotatable bonds is 3. The van der Waals surface area contributed by atoms with Crippen LogP contribution in [-0.4, -0.2) is 43.4 Å². The lowest BCUT2D eigenvalue weighted by atomic mass is 9.68. The SMILES string of the molecule is O=S(=O)(c1ccc(N2CC3C[C@@H]4CC2C[C@H](C3)C4)nc1)N1CCCC1. The third kappa shape index (κ3) is 2.78. The van der Waals surface area contributed by atoms with E-state index >= 15 is 0 Å². The number of hydrogen-bond acceptors (Lipinski definition) is 4. The topological polar surface area (TPSA) is 53.5 Å². The van der Waals surface area contributed by atoms with Crippen LogP contribution in [0.3, 0.4) is 0 Å². The van der Waals surface area contributed by atoms with Crippen molar-refractivity contribution in [3.63, 3.8) is 0 Å². The Balaban J connectivity index is 1.40. The monoisotopic (exact) mass is 361 g/mol. The van der Waals surface area contributed by atoms with E-state index in [0.29, 0.717) is 24.0 Å². The van der Waals surface area contributed by atoms with E-state index in [9.17, 15) is 8.42 Å². The summed E-state index contributed by atoms with van der Waals surface area (Å²) in [5.74, 6) is 3.58. The molecule has 136 valence electrons. The molecular formula is C19H27N3O2S. The van der Waals surface area contributed by atoms with Gasteiger partial charge in [-0.3, -0.25) is 0 Å². The summed E-state index contributed by atoms with van der Waals surface area (Å²) < 4.78 is 27.0. The second-order valence-electron chi connectivity index (χ2n) is 8.55. The third-order valence-corrected chi connectivity index (χ3v) is 8.71. The van der Waals surface area contributed by atoms with Gasteiger partial charge in [0, 0.05) is 31.9 Å². The fourth-order valence-electron chi connectivity index (χ4n) is 5.84. The molecule has 6 rings (SSSR count). The molecule has 6 heteroatoms. The molecule has 4 bridgehead atoms. The zero-order valence-corrected chi connectivity index (χ0v) is 15.5. The Hall–Kier alpha value is -1.14. The largest absolute Gasteiger partial charge is 0.353 e. The maximum atomic E-state index is 12.7. The molecule has 2 aliphatic carbocycles. The number of nitrogens with zero attached hydrogens (tertiary/aromatic N) is 3. The second-order valence-corrected chi connectivity index (χ2v) is 10.5. The van der Waals surface area contributed by atoms with E-state index in [1.807, 2.05) is 6.07 Å². The Morgan fingerprint density at radius 3 is 2.24 bits per heavy atom. The van der Waals surface area contributed by atoms with Crippen molar-refractivity contribution in [1.82, 2.24) is 9.29 Å². The van der Waals surface area contributed by atoms with Crippen LogP contribution in [0.15, 0.2) is 23.2 Å². The summed E-state index contributed by atoms with van der Waals surface area (Å²) in [6.07, 6.45) is 10.3. The quantitative estimate of drug-likeness (QED) is 0.831. The number of anilines is 1. The fourth-order valence-corrected chi connectivity index (χ4v) is 7.30. The molecule has 1 aromatic heterocycles. The van der Waals surface area contributed by atoms with Gasteiger partial charge in [0.1, 0.15) is 10.7 Å². The molecule has 0 aromatic carbocycles. The summed E-state index contributed by atoms with van der Waals surface area (Å²) >= 11 is 0. The van der Waals surface area contributed by atoms with Crippen LogP contribution in [0.4, 0.5) is 5.82 Å². The highest BCUT2D eigenvalue weighted by atomic mass is 32.2. The number of aromatic nitrogens is 1. The van der Waals surface area contributed by atoms with E-state index in [2.05, 4.69) is 9.88 Å². The van der Waals surface area contributed by atoms with Gasteiger partial charge in [-0.2, -0.15) is 4.31 Å². The molecule has 3 saturated heterocycles. The van der Waals surface area contributed by atoms with Crippen LogP contribution in [0.2, 0.25) is 0 Å². The summed E-state index contributed by atoms with van der Waals surface area (Å²) in [4.78, 5) is 7.43. The van der Waals surface area contributed by atoms with Crippen molar-refractivity contribution in [1.29, 1.82) is 0 Å². The molecular weight excluding hydrogens is 334 g/mol. The van der Waals surface area contributed by atoms with E-state index in [1.54, 1.807) is 16.6 Å². The fraction of sp³-hybridized carbons (Fsp3) is 0.737. The average molecular weight is 362 g/mol. The van der Waals surface area contributed by atoms with Gasteiger partial charge in [-0.1, -0.05) is 0 Å². The van der Waals surface area contributed by atoms with Gasteiger partial charge in [0.15, 0.2) is 0 Å². The summed E-state index contributed by atoms with van der Waals surface area (Å²) in [5, 5.41) is 0. The Bertz CT molecular complexity index is 728. The van der Waals surface area contributed by atoms with Crippen LogP contribution in [0, 0.1) is 17.8 Å². The highest BCUT2D eigenvalue weighted by Gasteiger charge is 2.43. The van der Waals surface area contributed by atoms with Crippen LogP contribution in [0.1, 0.15) is 44.9 Å². The Morgan fingerprint density at radius 1 is 0.920 bits per heavy atom. The van der Waals surface area contributed by atoms with Gasteiger partial charge in [-0.25, -0.2) is 13.4 Å². The molecule has 0 radical (unpaired) electrons. The Kier molecular flexibility index (Phi) is 3.82. The van der Waals surface area contributed by atoms with E-state index < -0.39 is 10.0 Å². The lowest BCUT2D eigenvalue weighted by Gasteiger charge is -2.39. The van der Waals surface area contributed by atoms with Gasteiger partial charge in [-0.15, -0.1) is 0 Å². The first-order valence-corrected chi connectivity index (χ1v) is 11.3. The molecule has 25 heavy (non-hydrogen) atoms. The standard InChI is InChI=1S/C19H27N3O2S/c23-25(24,21-5-1-2-6-21)18-3-4-19(20-12-18)22-13-16-8-14-7-15(9-16)11-17(22)10-14/h3-4,12,14-17H,1-2,5-11,13H2/t14-,15+,16?,17?. The summed E-state index contributed by atoms with van der Waals surface area (Å²) in [5.41, 5.74) is 0. The van der Waals surface area contributed by atoms with Gasteiger partial charge in [0.25, 0.3) is 0 Å². The van der Waals surface area contributed by atoms with Crippen molar-refractivity contribution in [2.75, 3.05) is 24.5 Å². The van der Waals surface area contributed by atoms with Crippen molar-refractivity contribution in [2.24, 2.45) is 17.8 Å². The summed E-state index contributed by atoms with van der Waals surface area (Å²) in [6, 6.07) is 4.31. The molecule has 5 nitrogen and oxygen atoms in total. The van der Waals surface area contributed by atoms with Gasteiger partial charge >= 0.3 is 0 Å². The predicted molar refractivity (Wildman–Crippen MR) is 96.9 cm³/mol. The minimum absolute atomic E-state index is 0.346. The minimum Gasteiger partial charge on any atom is -0.353 e. The highest BCUT2D eigenvalue weighted by Crippen LogP contribution is 2.48. The predicted octanol–water partition coefficient (Wildman–Crippen LogP) is 2.88. The third-order valence-electron chi connectivity index (χ3n) is 6.82. The molecule has 5 aliphatic rings. The van der Waals surface area contributed by atoms with E-state index in [0.717, 1.165) is 43.0 Å². The van der Waals surface area contributed by atoms with Crippen molar-refractivity contribution in [3.05, 3.63) is 18.3 Å². The molecule has 5 fully saturated rings. The van der Waals surface area contributed by atoms with Crippen LogP contribution in [0.25, 0.3) is 0 Å². The van der Waals surface area contributed by atoms with Crippen molar-refractivity contribution < 1.29 is 8.42 Å². The van der Waals surface area contributed by atoms with E-state index in [-0.39, 0.29) is 0 Å². The number of pyridine rings is 1. The van der Waals surface area contributed by atoms with Gasteiger partial charge in [0.2, 0.25) is 10.0 Å². The Morgan fingerprint density at radius 2 is 1.60 bits per heavy atom. The molecule has 2 saturated carbocycles. The molecule has 4 atom stereocenters. The van der Waals surface area contributed by atoms with Gasteiger partial charge < -0.3 is 4.90 Å². The van der Waals surface area contributed by atoms with Crippen LogP contribution in [-0.2, 0) is 10.0 Å². The van der Waals surface area contributed by atoms with Crippen molar-refractivity contribution in [3.8, 4) is 0 Å². The minimum atomic E-state index is -3.36. The normalized spacial score (nSPS) is 35.3. The first kappa shape index (κ1) is 16.1. The van der Waals surface area contributed by atoms with E-state index in [4.69, 9.17) is 0 Å². The van der Waals surface area contributed by atoms with Crippen LogP contribution in [0.5, 0.6) is 0 Å². The molecule has 0 spiro atoms. The number of fused-ring (bicyclic) bond motifs is 1. The maximum absolute atomic E-state index is 12.7. The molecule has 0 amide bonds. The lowest BCUT2D eigenvalue weighted by Crippen LogP contribution is -2.38. The van der Waals surface area contributed by atoms with Gasteiger partial charge in [-0.05, 0) is 74.8 Å². The van der Waals surface area contributed by atoms with E-state index in [1.165, 1.54) is 32.1 Å². The molecule has 2 unspecified atom stereocenters. The molecule has 1 aromatic rings. The lowest BCUT2D eigenvalue weighted by molar-refractivity contribution is 0.157. The summed E-state index contributed by atoms with van der Waals surface area (Å²) in [6.45, 7) is 2.38. The zero-order valence-electron chi connectivity index (χ0n) is 14.7. The summed E-state index contributed by atoms with van der Waals surface area (Å²) in [7, 11) is -3.36. The smallest absolute Gasteiger partial charge is 0.244 e. The Labute approximate surface area is 150 Å². The first-order chi connectivity index (χ1) is 12.1.